The molecule has 0 heterocycles. The first-order valence-electron chi connectivity index (χ1n) is 6.02. The van der Waals surface area contributed by atoms with Crippen LogP contribution >= 0.6 is 15.9 Å². The number of anilines is 1. The maximum absolute atomic E-state index is 13.0. The minimum absolute atomic E-state index is 0.0110. The molecule has 1 rings (SSSR count). The lowest BCUT2D eigenvalue weighted by atomic mass is 10.1. The lowest BCUT2D eigenvalue weighted by Gasteiger charge is -2.31. The van der Waals surface area contributed by atoms with Gasteiger partial charge in [0.2, 0.25) is 0 Å². The summed E-state index contributed by atoms with van der Waals surface area (Å²) in [5.41, 5.74) is -0.775. The zero-order valence-electron chi connectivity index (χ0n) is 11.0. The molecular weight excluding hydrogens is 339 g/mol. The van der Waals surface area contributed by atoms with Gasteiger partial charge in [-0.05, 0) is 32.0 Å². The van der Waals surface area contributed by atoms with Gasteiger partial charge in [-0.1, -0.05) is 15.9 Å². The number of hydrogen-bond acceptors (Lipinski definition) is 2. The fraction of sp³-hybridized carbons (Fsp3) is 0.462. The van der Waals surface area contributed by atoms with E-state index < -0.39 is 23.8 Å². The van der Waals surface area contributed by atoms with Gasteiger partial charge >= 0.3 is 12.1 Å². The number of hydrogen-bond donors (Lipinski definition) is 1. The molecule has 0 spiro atoms. The molecule has 0 saturated carbocycles. The minimum atomic E-state index is -4.48. The van der Waals surface area contributed by atoms with Gasteiger partial charge in [0.1, 0.15) is 0 Å². The molecule has 0 aliphatic carbocycles. The summed E-state index contributed by atoms with van der Waals surface area (Å²) in [5.74, 6) is -1.04. The van der Waals surface area contributed by atoms with Gasteiger partial charge in [-0.2, -0.15) is 13.2 Å². The number of rotatable bonds is 5. The summed E-state index contributed by atoms with van der Waals surface area (Å²) < 4.78 is 39.6. The van der Waals surface area contributed by atoms with E-state index in [1.165, 1.54) is 17.0 Å². The fourth-order valence-electron chi connectivity index (χ4n) is 2.06. The highest BCUT2D eigenvalue weighted by Crippen LogP contribution is 2.38. The molecule has 0 aromatic heterocycles. The van der Waals surface area contributed by atoms with Crippen molar-refractivity contribution in [3.8, 4) is 0 Å². The Hall–Kier alpha value is -1.24. The highest BCUT2D eigenvalue weighted by molar-refractivity contribution is 9.10. The van der Waals surface area contributed by atoms with E-state index in [4.69, 9.17) is 5.11 Å². The standard InChI is InChI=1S/C13H15BrF3NO2/c1-3-18(8(2)6-12(19)20)11-7-9(14)4-5-10(11)13(15,16)17/h4-5,7-8H,3,6H2,1-2H3,(H,19,20). The molecule has 0 aliphatic heterocycles. The first-order valence-corrected chi connectivity index (χ1v) is 6.81. The molecule has 1 unspecified atom stereocenters. The average molecular weight is 354 g/mol. The van der Waals surface area contributed by atoms with E-state index in [0.29, 0.717) is 4.47 Å². The topological polar surface area (TPSA) is 40.5 Å². The van der Waals surface area contributed by atoms with Crippen molar-refractivity contribution in [2.75, 3.05) is 11.4 Å². The van der Waals surface area contributed by atoms with Crippen LogP contribution in [0.2, 0.25) is 0 Å². The van der Waals surface area contributed by atoms with Crippen LogP contribution in [-0.2, 0) is 11.0 Å². The van der Waals surface area contributed by atoms with Crippen LogP contribution in [-0.4, -0.2) is 23.7 Å². The van der Waals surface area contributed by atoms with Crippen LogP contribution in [0.5, 0.6) is 0 Å². The number of carboxylic acids is 1. The Morgan fingerprint density at radius 2 is 2.05 bits per heavy atom. The smallest absolute Gasteiger partial charge is 0.418 e. The molecule has 112 valence electrons. The van der Waals surface area contributed by atoms with Crippen LogP contribution in [0.1, 0.15) is 25.8 Å². The largest absolute Gasteiger partial charge is 0.481 e. The third kappa shape index (κ3) is 4.13. The summed E-state index contributed by atoms with van der Waals surface area (Å²) in [4.78, 5) is 12.2. The summed E-state index contributed by atoms with van der Waals surface area (Å²) in [6.45, 7) is 3.58. The molecule has 7 heteroatoms. The molecule has 3 nitrogen and oxygen atoms in total. The predicted molar refractivity (Wildman–Crippen MR) is 73.9 cm³/mol. The summed E-state index contributed by atoms with van der Waals surface area (Å²) in [6, 6.07) is 3.15. The van der Waals surface area contributed by atoms with E-state index in [2.05, 4.69) is 15.9 Å². The number of nitrogens with zero attached hydrogens (tertiary/aromatic N) is 1. The van der Waals surface area contributed by atoms with Crippen molar-refractivity contribution in [3.63, 3.8) is 0 Å². The number of benzene rings is 1. The van der Waals surface area contributed by atoms with Gasteiger partial charge in [-0.15, -0.1) is 0 Å². The van der Waals surface area contributed by atoms with Crippen molar-refractivity contribution in [2.24, 2.45) is 0 Å². The van der Waals surface area contributed by atoms with Crippen LogP contribution in [0.25, 0.3) is 0 Å². The normalized spacial score (nSPS) is 13.1. The summed E-state index contributed by atoms with van der Waals surface area (Å²) >= 11 is 3.15. The second-order valence-corrected chi connectivity index (χ2v) is 5.31. The van der Waals surface area contributed by atoms with Crippen molar-refractivity contribution >= 4 is 27.6 Å². The van der Waals surface area contributed by atoms with Gasteiger partial charge < -0.3 is 10.0 Å². The third-order valence-corrected chi connectivity index (χ3v) is 3.41. The highest BCUT2D eigenvalue weighted by atomic mass is 79.9. The maximum atomic E-state index is 13.0. The predicted octanol–water partition coefficient (Wildman–Crippen LogP) is 4.16. The molecular formula is C13H15BrF3NO2. The maximum Gasteiger partial charge on any atom is 0.418 e. The zero-order valence-corrected chi connectivity index (χ0v) is 12.6. The summed E-state index contributed by atoms with van der Waals surface area (Å²) in [7, 11) is 0. The number of alkyl halides is 3. The lowest BCUT2D eigenvalue weighted by molar-refractivity contribution is -0.137. The van der Waals surface area contributed by atoms with Crippen molar-refractivity contribution in [1.29, 1.82) is 0 Å². The summed E-state index contributed by atoms with van der Waals surface area (Å²) in [5, 5.41) is 8.80. The Balaban J connectivity index is 3.26. The van der Waals surface area contributed by atoms with Crippen molar-refractivity contribution < 1.29 is 23.1 Å². The second-order valence-electron chi connectivity index (χ2n) is 4.39. The molecule has 1 atom stereocenters. The van der Waals surface area contributed by atoms with E-state index in [1.807, 2.05) is 0 Å². The Labute approximate surface area is 123 Å². The molecule has 0 saturated heterocycles. The van der Waals surface area contributed by atoms with E-state index in [1.54, 1.807) is 13.8 Å². The van der Waals surface area contributed by atoms with Gasteiger partial charge in [0.15, 0.2) is 0 Å². The molecule has 0 bridgehead atoms. The van der Waals surface area contributed by atoms with E-state index in [-0.39, 0.29) is 18.7 Å². The van der Waals surface area contributed by atoms with Crippen LogP contribution in [0, 0.1) is 0 Å². The first kappa shape index (κ1) is 16.8. The second kappa shape index (κ2) is 6.47. The SMILES string of the molecule is CCN(c1cc(Br)ccc1C(F)(F)F)C(C)CC(=O)O. The number of carboxylic acid groups (broad SMARTS) is 1. The third-order valence-electron chi connectivity index (χ3n) is 2.92. The molecule has 1 aromatic carbocycles. The fourth-order valence-corrected chi connectivity index (χ4v) is 2.41. The molecule has 0 amide bonds. The van der Waals surface area contributed by atoms with Gasteiger partial charge in [0.25, 0.3) is 0 Å². The van der Waals surface area contributed by atoms with Gasteiger partial charge in [-0.3, -0.25) is 4.79 Å². The molecule has 20 heavy (non-hydrogen) atoms. The number of aliphatic carboxylic acids is 1. The van der Waals surface area contributed by atoms with Crippen LogP contribution in [0.4, 0.5) is 18.9 Å². The zero-order chi connectivity index (χ0) is 15.5. The molecule has 1 N–H and O–H groups in total. The van der Waals surface area contributed by atoms with Crippen molar-refractivity contribution in [3.05, 3.63) is 28.2 Å². The van der Waals surface area contributed by atoms with Crippen LogP contribution in [0.3, 0.4) is 0 Å². The lowest BCUT2D eigenvalue weighted by Crippen LogP contribution is -2.36. The minimum Gasteiger partial charge on any atom is -0.481 e. The molecule has 1 aromatic rings. The monoisotopic (exact) mass is 353 g/mol. The van der Waals surface area contributed by atoms with Crippen LogP contribution < -0.4 is 4.90 Å². The molecule has 0 aliphatic rings. The van der Waals surface area contributed by atoms with E-state index in [0.717, 1.165) is 6.07 Å². The van der Waals surface area contributed by atoms with E-state index >= 15 is 0 Å². The Kier molecular flexibility index (Phi) is 5.44. The van der Waals surface area contributed by atoms with Gasteiger partial charge in [0, 0.05) is 17.1 Å². The summed E-state index contributed by atoms with van der Waals surface area (Å²) in [6.07, 6.45) is -4.70. The quantitative estimate of drug-likeness (QED) is 0.863. The van der Waals surface area contributed by atoms with E-state index in [9.17, 15) is 18.0 Å². The van der Waals surface area contributed by atoms with Crippen molar-refractivity contribution in [2.45, 2.75) is 32.5 Å². The van der Waals surface area contributed by atoms with Gasteiger partial charge in [0.05, 0.1) is 17.7 Å². The Morgan fingerprint density at radius 3 is 2.50 bits per heavy atom. The molecule has 0 fully saturated rings. The number of halogens is 4. The first-order chi connectivity index (χ1) is 9.16. The Bertz CT molecular complexity index is 491. The van der Waals surface area contributed by atoms with Crippen LogP contribution in [0.15, 0.2) is 22.7 Å². The molecule has 0 radical (unpaired) electrons. The Morgan fingerprint density at radius 1 is 1.45 bits per heavy atom. The average Bonchev–Trinajstić information content (AvgIpc) is 2.27. The highest BCUT2D eigenvalue weighted by Gasteiger charge is 2.35. The van der Waals surface area contributed by atoms with Crippen molar-refractivity contribution in [1.82, 2.24) is 0 Å². The number of carbonyl (C=O) groups is 1. The van der Waals surface area contributed by atoms with Gasteiger partial charge in [-0.25, -0.2) is 0 Å².